The molecule has 0 atom stereocenters. The van der Waals surface area contributed by atoms with Crippen molar-refractivity contribution in [2.45, 2.75) is 30.3 Å². The van der Waals surface area contributed by atoms with Gasteiger partial charge in [-0.2, -0.15) is 0 Å². The number of aryl methyl sites for hydroxylation is 1. The minimum Gasteiger partial charge on any atom is -0.349 e. The van der Waals surface area contributed by atoms with Crippen molar-refractivity contribution in [1.82, 2.24) is 15.0 Å². The average Bonchev–Trinajstić information content (AvgIpc) is 2.85. The number of rotatable bonds is 3. The smallest absolute Gasteiger partial charge is 0.136 e. The molecule has 1 N–H and O–H groups in total. The van der Waals surface area contributed by atoms with E-state index in [1.54, 1.807) is 11.8 Å². The van der Waals surface area contributed by atoms with Gasteiger partial charge in [-0.3, -0.25) is 0 Å². The molecule has 0 aliphatic rings. The van der Waals surface area contributed by atoms with Crippen LogP contribution in [0.1, 0.15) is 18.3 Å². The molecule has 0 bridgehead atoms. The maximum atomic E-state index is 6.17. The molecular weight excluding hydrogens is 290 g/mol. The van der Waals surface area contributed by atoms with E-state index in [-0.39, 0.29) is 0 Å². The van der Waals surface area contributed by atoms with Crippen LogP contribution in [0.3, 0.4) is 0 Å². The van der Waals surface area contributed by atoms with Crippen molar-refractivity contribution in [2.24, 2.45) is 0 Å². The molecule has 0 fully saturated rings. The van der Waals surface area contributed by atoms with Crippen LogP contribution in [0.2, 0.25) is 5.15 Å². The first-order valence-corrected chi connectivity index (χ1v) is 7.65. The second-order valence-electron chi connectivity index (χ2n) is 4.54. The molecule has 3 nitrogen and oxygen atoms in total. The first-order chi connectivity index (χ1) is 9.67. The number of para-hydroxylation sites is 1. The molecule has 2 aromatic heterocycles. The molecule has 1 aromatic carbocycles. The number of benzene rings is 1. The number of aromatic amines is 1. The maximum absolute atomic E-state index is 6.17. The van der Waals surface area contributed by atoms with Gasteiger partial charge in [0.25, 0.3) is 0 Å². The van der Waals surface area contributed by atoms with E-state index in [0.717, 1.165) is 33.4 Å². The van der Waals surface area contributed by atoms with Crippen molar-refractivity contribution in [3.8, 4) is 0 Å². The summed E-state index contributed by atoms with van der Waals surface area (Å²) in [6.45, 7) is 3.98. The van der Waals surface area contributed by atoms with Crippen molar-refractivity contribution in [2.75, 3.05) is 0 Å². The molecule has 0 spiro atoms. The van der Waals surface area contributed by atoms with Gasteiger partial charge in [-0.15, -0.1) is 0 Å². The van der Waals surface area contributed by atoms with Crippen molar-refractivity contribution in [3.05, 3.63) is 46.9 Å². The molecule has 0 aliphatic carbocycles. The lowest BCUT2D eigenvalue weighted by Crippen LogP contribution is -1.98. The van der Waals surface area contributed by atoms with Crippen LogP contribution >= 0.6 is 23.4 Å². The number of aromatic nitrogens is 3. The van der Waals surface area contributed by atoms with Crippen molar-refractivity contribution >= 4 is 34.3 Å². The highest BCUT2D eigenvalue weighted by atomic mass is 35.5. The fourth-order valence-corrected chi connectivity index (χ4v) is 3.17. The molecule has 3 rings (SSSR count). The van der Waals surface area contributed by atoms with E-state index in [0.29, 0.717) is 5.15 Å². The average molecular weight is 304 g/mol. The maximum Gasteiger partial charge on any atom is 0.136 e. The van der Waals surface area contributed by atoms with Gasteiger partial charge >= 0.3 is 0 Å². The summed E-state index contributed by atoms with van der Waals surface area (Å²) >= 11 is 7.76. The summed E-state index contributed by atoms with van der Waals surface area (Å²) in [4.78, 5) is 12.2. The predicted molar refractivity (Wildman–Crippen MR) is 83.6 cm³/mol. The van der Waals surface area contributed by atoms with E-state index in [2.05, 4.69) is 33.2 Å². The number of nitrogens with zero attached hydrogens (tertiary/aromatic N) is 2. The lowest BCUT2D eigenvalue weighted by Gasteiger charge is -2.06. The van der Waals surface area contributed by atoms with E-state index in [9.17, 15) is 0 Å². The van der Waals surface area contributed by atoms with Crippen LogP contribution in [0.15, 0.2) is 40.4 Å². The Labute approximate surface area is 126 Å². The highest BCUT2D eigenvalue weighted by Gasteiger charge is 2.11. The molecule has 20 heavy (non-hydrogen) atoms. The molecule has 3 aromatic rings. The molecule has 0 saturated heterocycles. The molecule has 0 amide bonds. The minimum absolute atomic E-state index is 0.537. The summed E-state index contributed by atoms with van der Waals surface area (Å²) in [7, 11) is 0. The van der Waals surface area contributed by atoms with Crippen molar-refractivity contribution < 1.29 is 0 Å². The number of fused-ring (bicyclic) bond motifs is 1. The normalized spacial score (nSPS) is 11.2. The largest absolute Gasteiger partial charge is 0.349 e. The standard InChI is InChI=1S/C15H14ClN3S/c1-3-12-18-14(16)9(2)15(19-12)20-13-8-10-6-4-5-7-11(10)17-13/h4-8,17H,3H2,1-2H3. The number of hydrogen-bond donors (Lipinski definition) is 1. The van der Waals surface area contributed by atoms with Crippen LogP contribution in [0.25, 0.3) is 10.9 Å². The van der Waals surface area contributed by atoms with Gasteiger partial charge in [0, 0.05) is 22.9 Å². The minimum atomic E-state index is 0.537. The summed E-state index contributed by atoms with van der Waals surface area (Å²) in [5, 5.41) is 3.71. The Morgan fingerprint density at radius 1 is 1.25 bits per heavy atom. The van der Waals surface area contributed by atoms with E-state index < -0.39 is 0 Å². The molecule has 0 radical (unpaired) electrons. The topological polar surface area (TPSA) is 41.6 Å². The zero-order valence-electron chi connectivity index (χ0n) is 11.3. The third-order valence-electron chi connectivity index (χ3n) is 3.12. The van der Waals surface area contributed by atoms with Gasteiger partial charge in [0.2, 0.25) is 0 Å². The molecule has 102 valence electrons. The second-order valence-corrected chi connectivity index (χ2v) is 5.93. The molecule has 0 aliphatic heterocycles. The number of hydrogen-bond acceptors (Lipinski definition) is 3. The van der Waals surface area contributed by atoms with Gasteiger partial charge in [0.05, 0.1) is 5.03 Å². The Kier molecular flexibility index (Phi) is 3.68. The Balaban J connectivity index is 1.99. The Hall–Kier alpha value is -1.52. The summed E-state index contributed by atoms with van der Waals surface area (Å²) in [5.74, 6) is 0.777. The van der Waals surface area contributed by atoms with E-state index in [1.807, 2.05) is 26.0 Å². The van der Waals surface area contributed by atoms with E-state index in [4.69, 9.17) is 11.6 Å². The van der Waals surface area contributed by atoms with Gasteiger partial charge < -0.3 is 4.98 Å². The van der Waals surface area contributed by atoms with Crippen molar-refractivity contribution in [1.29, 1.82) is 0 Å². The number of H-pyrrole nitrogens is 1. The van der Waals surface area contributed by atoms with Crippen LogP contribution in [-0.2, 0) is 6.42 Å². The van der Waals surface area contributed by atoms with Crippen LogP contribution in [-0.4, -0.2) is 15.0 Å². The first kappa shape index (κ1) is 13.5. The SMILES string of the molecule is CCc1nc(Cl)c(C)c(Sc2cc3ccccc3[nH]2)n1. The first-order valence-electron chi connectivity index (χ1n) is 6.46. The van der Waals surface area contributed by atoms with Gasteiger partial charge in [-0.1, -0.05) is 48.5 Å². The Morgan fingerprint density at radius 3 is 2.80 bits per heavy atom. The zero-order chi connectivity index (χ0) is 14.1. The fraction of sp³-hybridized carbons (Fsp3) is 0.200. The van der Waals surface area contributed by atoms with E-state index >= 15 is 0 Å². The van der Waals surface area contributed by atoms with Gasteiger partial charge in [0.15, 0.2) is 0 Å². The zero-order valence-corrected chi connectivity index (χ0v) is 12.8. The molecular formula is C15H14ClN3S. The summed E-state index contributed by atoms with van der Waals surface area (Å²) in [6.07, 6.45) is 0.778. The molecule has 2 heterocycles. The monoisotopic (exact) mass is 303 g/mol. The highest BCUT2D eigenvalue weighted by Crippen LogP contribution is 2.32. The fourth-order valence-electron chi connectivity index (χ4n) is 1.97. The second kappa shape index (κ2) is 5.46. The third-order valence-corrected chi connectivity index (χ3v) is 4.51. The number of halogens is 1. The van der Waals surface area contributed by atoms with Crippen molar-refractivity contribution in [3.63, 3.8) is 0 Å². The third kappa shape index (κ3) is 2.53. The van der Waals surface area contributed by atoms with Crippen LogP contribution in [0, 0.1) is 6.92 Å². The Bertz CT molecular complexity index is 734. The summed E-state index contributed by atoms with van der Waals surface area (Å²) in [5.41, 5.74) is 2.05. The Morgan fingerprint density at radius 2 is 2.05 bits per heavy atom. The van der Waals surface area contributed by atoms with Crippen LogP contribution in [0.5, 0.6) is 0 Å². The highest BCUT2D eigenvalue weighted by molar-refractivity contribution is 7.99. The number of nitrogens with one attached hydrogen (secondary N) is 1. The predicted octanol–water partition coefficient (Wildman–Crippen LogP) is 4.63. The summed E-state index contributed by atoms with van der Waals surface area (Å²) in [6, 6.07) is 10.3. The lowest BCUT2D eigenvalue weighted by atomic mass is 10.3. The van der Waals surface area contributed by atoms with Crippen LogP contribution < -0.4 is 0 Å². The quantitative estimate of drug-likeness (QED) is 0.717. The van der Waals surface area contributed by atoms with Crippen LogP contribution in [0.4, 0.5) is 0 Å². The molecule has 0 unspecified atom stereocenters. The molecule has 5 heteroatoms. The van der Waals surface area contributed by atoms with Gasteiger partial charge in [-0.25, -0.2) is 9.97 Å². The van der Waals surface area contributed by atoms with Gasteiger partial charge in [0.1, 0.15) is 16.0 Å². The molecule has 0 saturated carbocycles. The van der Waals surface area contributed by atoms with E-state index in [1.165, 1.54) is 5.39 Å². The lowest BCUT2D eigenvalue weighted by molar-refractivity contribution is 0.871. The van der Waals surface area contributed by atoms with Gasteiger partial charge in [-0.05, 0) is 19.1 Å². The summed E-state index contributed by atoms with van der Waals surface area (Å²) < 4.78 is 0.